The molecular formula is C15H14ClN3O3. The Morgan fingerprint density at radius 2 is 1.82 bits per heavy atom. The lowest BCUT2D eigenvalue weighted by Crippen LogP contribution is -2.36. The smallest absolute Gasteiger partial charge is 0.338 e. The summed E-state index contributed by atoms with van der Waals surface area (Å²) in [5.74, 6) is -1.10. The number of halogens is 1. The third-order valence-electron chi connectivity index (χ3n) is 2.73. The van der Waals surface area contributed by atoms with Crippen molar-refractivity contribution in [3.63, 3.8) is 0 Å². The summed E-state index contributed by atoms with van der Waals surface area (Å²) in [5.41, 5.74) is 0.251. The topological polar surface area (TPSA) is 94.2 Å². The van der Waals surface area contributed by atoms with Crippen molar-refractivity contribution < 1.29 is 14.3 Å². The fourth-order valence-corrected chi connectivity index (χ4v) is 1.84. The SMILES string of the molecule is N#CCCN(CCC#N)C(=O)COC(=O)c1cccc(Cl)c1. The molecule has 0 N–H and O–H groups in total. The molecule has 1 aromatic carbocycles. The summed E-state index contributed by atoms with van der Waals surface area (Å²) >= 11 is 5.77. The van der Waals surface area contributed by atoms with Gasteiger partial charge in [0.2, 0.25) is 0 Å². The molecule has 0 radical (unpaired) electrons. The Labute approximate surface area is 133 Å². The first-order chi connectivity index (χ1) is 10.6. The van der Waals surface area contributed by atoms with Crippen molar-refractivity contribution in [3.8, 4) is 12.1 Å². The van der Waals surface area contributed by atoms with Gasteiger partial charge in [0.15, 0.2) is 6.61 Å². The summed E-state index contributed by atoms with van der Waals surface area (Å²) in [7, 11) is 0. The molecule has 0 unspecified atom stereocenters. The maximum absolute atomic E-state index is 12.0. The van der Waals surface area contributed by atoms with Crippen molar-refractivity contribution in [2.75, 3.05) is 19.7 Å². The van der Waals surface area contributed by atoms with Crippen molar-refractivity contribution in [1.82, 2.24) is 4.90 Å². The Bertz CT molecular complexity index is 601. The van der Waals surface area contributed by atoms with Crippen molar-refractivity contribution in [2.45, 2.75) is 12.8 Å². The van der Waals surface area contributed by atoms with Gasteiger partial charge in [0.1, 0.15) is 0 Å². The molecule has 22 heavy (non-hydrogen) atoms. The van der Waals surface area contributed by atoms with Gasteiger partial charge in [-0.25, -0.2) is 4.79 Å². The average molecular weight is 320 g/mol. The maximum atomic E-state index is 12.0. The first-order valence-corrected chi connectivity index (χ1v) is 6.90. The zero-order chi connectivity index (χ0) is 16.4. The first kappa shape index (κ1) is 17.5. The summed E-state index contributed by atoms with van der Waals surface area (Å²) in [6, 6.07) is 10.1. The number of nitriles is 2. The standard InChI is InChI=1S/C15H14ClN3O3/c16-13-5-1-4-12(10-13)15(21)22-11-14(20)19(8-2-6-17)9-3-7-18/h1,4-5,10H,2-3,8-9,11H2. The van der Waals surface area contributed by atoms with Gasteiger partial charge in [0, 0.05) is 18.1 Å². The molecule has 0 heterocycles. The number of hydrogen-bond acceptors (Lipinski definition) is 5. The van der Waals surface area contributed by atoms with Crippen molar-refractivity contribution in [2.24, 2.45) is 0 Å². The normalized spacial score (nSPS) is 9.41. The van der Waals surface area contributed by atoms with Crippen LogP contribution in [0.3, 0.4) is 0 Å². The molecule has 0 saturated heterocycles. The van der Waals surface area contributed by atoms with E-state index in [0.717, 1.165) is 0 Å². The average Bonchev–Trinajstić information content (AvgIpc) is 2.52. The highest BCUT2D eigenvalue weighted by atomic mass is 35.5. The van der Waals surface area contributed by atoms with Crippen molar-refractivity contribution in [1.29, 1.82) is 10.5 Å². The Balaban J connectivity index is 2.56. The van der Waals surface area contributed by atoms with Crippen molar-refractivity contribution >= 4 is 23.5 Å². The summed E-state index contributed by atoms with van der Waals surface area (Å²) in [4.78, 5) is 25.1. The van der Waals surface area contributed by atoms with Crippen LogP contribution in [0, 0.1) is 22.7 Å². The number of hydrogen-bond donors (Lipinski definition) is 0. The molecule has 0 bridgehead atoms. The molecule has 0 aliphatic heterocycles. The summed E-state index contributed by atoms with van der Waals surface area (Å²) in [6.45, 7) is -0.0420. The number of esters is 1. The maximum Gasteiger partial charge on any atom is 0.338 e. The van der Waals surface area contributed by atoms with E-state index in [-0.39, 0.29) is 31.5 Å². The summed E-state index contributed by atoms with van der Waals surface area (Å²) in [6.07, 6.45) is 0.304. The Hall–Kier alpha value is -2.57. The minimum absolute atomic E-state index is 0.152. The lowest BCUT2D eigenvalue weighted by molar-refractivity contribution is -0.134. The lowest BCUT2D eigenvalue weighted by atomic mass is 10.2. The van der Waals surface area contributed by atoms with E-state index in [0.29, 0.717) is 5.02 Å². The van der Waals surface area contributed by atoms with Crippen LogP contribution >= 0.6 is 11.6 Å². The zero-order valence-electron chi connectivity index (χ0n) is 11.8. The molecule has 0 aliphatic carbocycles. The van der Waals surface area contributed by atoms with E-state index < -0.39 is 18.5 Å². The van der Waals surface area contributed by atoms with Crippen LogP contribution in [0.15, 0.2) is 24.3 Å². The van der Waals surface area contributed by atoms with Crippen LogP contribution in [0.2, 0.25) is 5.02 Å². The molecule has 1 amide bonds. The van der Waals surface area contributed by atoms with Crippen LogP contribution in [0.4, 0.5) is 0 Å². The molecule has 114 valence electrons. The molecule has 0 atom stereocenters. The van der Waals surface area contributed by atoms with E-state index in [9.17, 15) is 9.59 Å². The van der Waals surface area contributed by atoms with Crippen LogP contribution in [0.25, 0.3) is 0 Å². The predicted octanol–water partition coefficient (Wildman–Crippen LogP) is 2.15. The second-order valence-corrected chi connectivity index (χ2v) is 4.72. The number of amides is 1. The second kappa shape index (κ2) is 9.38. The lowest BCUT2D eigenvalue weighted by Gasteiger charge is -2.20. The van der Waals surface area contributed by atoms with Crippen LogP contribution in [0.5, 0.6) is 0 Å². The van der Waals surface area contributed by atoms with E-state index in [4.69, 9.17) is 26.9 Å². The quantitative estimate of drug-likeness (QED) is 0.718. The summed E-state index contributed by atoms with van der Waals surface area (Å²) in [5, 5.41) is 17.5. The fourth-order valence-electron chi connectivity index (χ4n) is 1.65. The van der Waals surface area contributed by atoms with Gasteiger partial charge in [-0.1, -0.05) is 17.7 Å². The number of rotatable bonds is 7. The highest BCUT2D eigenvalue weighted by molar-refractivity contribution is 6.30. The molecule has 1 rings (SSSR count). The molecule has 6 nitrogen and oxygen atoms in total. The van der Waals surface area contributed by atoms with Crippen LogP contribution in [0.1, 0.15) is 23.2 Å². The van der Waals surface area contributed by atoms with Gasteiger partial charge in [-0.2, -0.15) is 10.5 Å². The van der Waals surface area contributed by atoms with Gasteiger partial charge in [0.25, 0.3) is 5.91 Å². The highest BCUT2D eigenvalue weighted by Crippen LogP contribution is 2.11. The van der Waals surface area contributed by atoms with Crippen LogP contribution in [-0.2, 0) is 9.53 Å². The van der Waals surface area contributed by atoms with Gasteiger partial charge in [-0.05, 0) is 18.2 Å². The number of benzene rings is 1. The van der Waals surface area contributed by atoms with E-state index in [1.165, 1.54) is 17.0 Å². The minimum Gasteiger partial charge on any atom is -0.452 e. The molecule has 0 aliphatic rings. The molecule has 7 heteroatoms. The zero-order valence-corrected chi connectivity index (χ0v) is 12.5. The van der Waals surface area contributed by atoms with Gasteiger partial charge in [0.05, 0.1) is 30.5 Å². The van der Waals surface area contributed by atoms with Crippen LogP contribution in [-0.4, -0.2) is 36.5 Å². The molecule has 0 aromatic heterocycles. The van der Waals surface area contributed by atoms with E-state index in [1.54, 1.807) is 12.1 Å². The molecular weight excluding hydrogens is 306 g/mol. The molecule has 1 aromatic rings. The third-order valence-corrected chi connectivity index (χ3v) is 2.96. The van der Waals surface area contributed by atoms with Gasteiger partial charge in [-0.3, -0.25) is 4.79 Å². The molecule has 0 spiro atoms. The highest BCUT2D eigenvalue weighted by Gasteiger charge is 2.16. The molecule has 0 fully saturated rings. The minimum atomic E-state index is -0.656. The molecule has 0 saturated carbocycles. The van der Waals surface area contributed by atoms with Gasteiger partial charge < -0.3 is 9.64 Å². The van der Waals surface area contributed by atoms with Crippen molar-refractivity contribution in [3.05, 3.63) is 34.9 Å². The second-order valence-electron chi connectivity index (χ2n) is 4.28. The van der Waals surface area contributed by atoms with Gasteiger partial charge >= 0.3 is 5.97 Å². The fraction of sp³-hybridized carbons (Fsp3) is 0.333. The van der Waals surface area contributed by atoms with E-state index in [2.05, 4.69) is 0 Å². The largest absolute Gasteiger partial charge is 0.452 e. The third kappa shape index (κ3) is 5.82. The Kier molecular flexibility index (Phi) is 7.45. The number of carbonyl (C=O) groups excluding carboxylic acids is 2. The van der Waals surface area contributed by atoms with Gasteiger partial charge in [-0.15, -0.1) is 0 Å². The number of nitrogens with zero attached hydrogens (tertiary/aromatic N) is 3. The Morgan fingerprint density at radius 1 is 1.18 bits per heavy atom. The first-order valence-electron chi connectivity index (χ1n) is 6.53. The monoisotopic (exact) mass is 319 g/mol. The van der Waals surface area contributed by atoms with E-state index >= 15 is 0 Å². The summed E-state index contributed by atoms with van der Waals surface area (Å²) < 4.78 is 4.93. The predicted molar refractivity (Wildman–Crippen MR) is 78.8 cm³/mol. The van der Waals surface area contributed by atoms with Crippen LogP contribution < -0.4 is 0 Å². The number of carbonyl (C=O) groups is 2. The Morgan fingerprint density at radius 3 is 2.36 bits per heavy atom. The number of ether oxygens (including phenoxy) is 1. The van der Waals surface area contributed by atoms with E-state index in [1.807, 2.05) is 12.1 Å².